The van der Waals surface area contributed by atoms with Gasteiger partial charge in [-0.05, 0) is 68.6 Å². The van der Waals surface area contributed by atoms with Crippen LogP contribution >= 0.6 is 0 Å². The minimum Gasteiger partial charge on any atom is -0.299 e. The van der Waals surface area contributed by atoms with Gasteiger partial charge < -0.3 is 0 Å². The second kappa shape index (κ2) is 4.33. The van der Waals surface area contributed by atoms with Crippen LogP contribution in [0.25, 0.3) is 0 Å². The predicted octanol–water partition coefficient (Wildman–Crippen LogP) is 5.07. The van der Waals surface area contributed by atoms with E-state index >= 15 is 0 Å². The molecule has 0 radical (unpaired) electrons. The summed E-state index contributed by atoms with van der Waals surface area (Å²) in [6, 6.07) is 0. The molecule has 21 heavy (non-hydrogen) atoms. The van der Waals surface area contributed by atoms with Crippen molar-refractivity contribution in [1.29, 1.82) is 0 Å². The highest BCUT2D eigenvalue weighted by Gasteiger charge is 2.54. The summed E-state index contributed by atoms with van der Waals surface area (Å²) in [6.07, 6.45) is 12.9. The fraction of sp³-hybridized carbons (Fsp3) is 0.750. The molecule has 0 aromatic heterocycles. The average molecular weight is 284 g/mol. The summed E-state index contributed by atoms with van der Waals surface area (Å²) in [4.78, 5) is 13.1. The van der Waals surface area contributed by atoms with Crippen molar-refractivity contribution in [2.75, 3.05) is 0 Å². The number of Topliss-reactive ketones (excluding diaryl/α,β-unsaturated/α-hetero) is 1. The number of carbonyl (C=O) groups is 1. The number of hydrogen-bond acceptors (Lipinski definition) is 1. The molecule has 114 valence electrons. The molecular weight excluding hydrogens is 256 g/mol. The minimum absolute atomic E-state index is 0.0914. The third kappa shape index (κ3) is 1.72. The van der Waals surface area contributed by atoms with Crippen LogP contribution in [0.3, 0.4) is 0 Å². The number of rotatable bonds is 0. The Balaban J connectivity index is 1.83. The standard InChI is InChI=1S/C20H28O/c1-13-14-7-9-19(2)16(10-14)11-15-6-4-5-8-20(15,3)18(21)12-17(13)19/h4,6,14-16H,5,7-12H2,1-3H3/t14-,15+,16+,19-,20?/m1/s1. The lowest BCUT2D eigenvalue weighted by atomic mass is 9.48. The van der Waals surface area contributed by atoms with Gasteiger partial charge in [0.15, 0.2) is 0 Å². The molecule has 2 saturated carbocycles. The lowest BCUT2D eigenvalue weighted by Gasteiger charge is -2.56. The average Bonchev–Trinajstić information content (AvgIpc) is 2.46. The first-order chi connectivity index (χ1) is 9.95. The highest BCUT2D eigenvalue weighted by molar-refractivity contribution is 5.88. The van der Waals surface area contributed by atoms with Crippen molar-refractivity contribution < 1.29 is 4.79 Å². The Morgan fingerprint density at radius 1 is 1.14 bits per heavy atom. The third-order valence-electron chi connectivity index (χ3n) is 7.79. The third-order valence-corrected chi connectivity index (χ3v) is 7.79. The van der Waals surface area contributed by atoms with Crippen molar-refractivity contribution in [2.45, 2.75) is 65.7 Å². The van der Waals surface area contributed by atoms with Crippen molar-refractivity contribution in [1.82, 2.24) is 0 Å². The summed E-state index contributed by atoms with van der Waals surface area (Å²) in [7, 11) is 0. The van der Waals surface area contributed by atoms with Crippen LogP contribution < -0.4 is 0 Å². The SMILES string of the molecule is CC1=C2CC(=O)C3(C)CCC=C[C@H]3C[C@@H]3C[C@H]1CC[C@@]23C. The molecule has 0 saturated heterocycles. The molecule has 0 amide bonds. The topological polar surface area (TPSA) is 17.1 Å². The highest BCUT2D eigenvalue weighted by Crippen LogP contribution is 2.62. The van der Waals surface area contributed by atoms with Gasteiger partial charge in [0.2, 0.25) is 0 Å². The monoisotopic (exact) mass is 284 g/mol. The maximum absolute atomic E-state index is 13.1. The smallest absolute Gasteiger partial charge is 0.143 e. The van der Waals surface area contributed by atoms with E-state index in [1.165, 1.54) is 25.7 Å². The zero-order chi connectivity index (χ0) is 14.8. The molecule has 5 aliphatic carbocycles. The molecule has 5 rings (SSSR count). The Bertz CT molecular complexity index is 554. The largest absolute Gasteiger partial charge is 0.299 e. The van der Waals surface area contributed by atoms with Gasteiger partial charge in [0.05, 0.1) is 0 Å². The first-order valence-electron chi connectivity index (χ1n) is 8.85. The van der Waals surface area contributed by atoms with E-state index in [-0.39, 0.29) is 5.41 Å². The number of ketones is 1. The summed E-state index contributed by atoms with van der Waals surface area (Å²) >= 11 is 0. The van der Waals surface area contributed by atoms with Gasteiger partial charge in [0, 0.05) is 11.8 Å². The van der Waals surface area contributed by atoms with E-state index in [9.17, 15) is 4.79 Å². The van der Waals surface area contributed by atoms with Crippen molar-refractivity contribution in [2.24, 2.45) is 28.6 Å². The summed E-state index contributed by atoms with van der Waals surface area (Å²) in [5, 5.41) is 0. The van der Waals surface area contributed by atoms with E-state index in [2.05, 4.69) is 32.9 Å². The molecule has 1 unspecified atom stereocenters. The van der Waals surface area contributed by atoms with Crippen molar-refractivity contribution in [3.63, 3.8) is 0 Å². The molecule has 2 fully saturated rings. The molecule has 0 spiro atoms. The Labute approximate surface area is 128 Å². The number of fused-ring (bicyclic) bond motifs is 2. The van der Waals surface area contributed by atoms with Gasteiger partial charge in [-0.2, -0.15) is 0 Å². The first-order valence-corrected chi connectivity index (χ1v) is 8.85. The van der Waals surface area contributed by atoms with Crippen LogP contribution in [0.2, 0.25) is 0 Å². The van der Waals surface area contributed by atoms with E-state index in [0.717, 1.165) is 31.1 Å². The first kappa shape index (κ1) is 13.8. The van der Waals surface area contributed by atoms with Crippen molar-refractivity contribution in [3.05, 3.63) is 23.3 Å². The van der Waals surface area contributed by atoms with Gasteiger partial charge in [-0.1, -0.05) is 37.1 Å². The summed E-state index contributed by atoms with van der Waals surface area (Å²) in [5.41, 5.74) is 3.36. The van der Waals surface area contributed by atoms with Crippen molar-refractivity contribution in [3.8, 4) is 0 Å². The maximum Gasteiger partial charge on any atom is 0.143 e. The van der Waals surface area contributed by atoms with Crippen LogP contribution in [-0.2, 0) is 4.79 Å². The van der Waals surface area contributed by atoms with E-state index < -0.39 is 0 Å². The second-order valence-corrected chi connectivity index (χ2v) is 8.57. The number of allylic oxidation sites excluding steroid dienone is 4. The molecule has 0 aromatic carbocycles. The van der Waals surface area contributed by atoms with E-state index in [1.54, 1.807) is 11.1 Å². The van der Waals surface area contributed by atoms with Crippen LogP contribution in [0.15, 0.2) is 23.3 Å². The van der Waals surface area contributed by atoms with Gasteiger partial charge in [0.25, 0.3) is 0 Å². The van der Waals surface area contributed by atoms with Crippen LogP contribution in [0.5, 0.6) is 0 Å². The fourth-order valence-electron chi connectivity index (χ4n) is 5.98. The molecule has 0 aromatic rings. The number of hydrogen-bond donors (Lipinski definition) is 0. The zero-order valence-electron chi connectivity index (χ0n) is 13.7. The molecule has 4 bridgehead atoms. The van der Waals surface area contributed by atoms with Gasteiger partial charge >= 0.3 is 0 Å². The summed E-state index contributed by atoms with van der Waals surface area (Å²) in [6.45, 7) is 7.04. The van der Waals surface area contributed by atoms with E-state index in [1.807, 2.05) is 0 Å². The normalized spacial score (nSPS) is 48.9. The predicted molar refractivity (Wildman–Crippen MR) is 85.9 cm³/mol. The molecule has 0 aliphatic heterocycles. The number of carbonyl (C=O) groups excluding carboxylic acids is 1. The van der Waals surface area contributed by atoms with Crippen LogP contribution in [0.1, 0.15) is 65.7 Å². The zero-order valence-corrected chi connectivity index (χ0v) is 13.7. The quantitative estimate of drug-likeness (QED) is 0.567. The molecule has 1 heteroatoms. The highest BCUT2D eigenvalue weighted by atomic mass is 16.1. The molecule has 5 aliphatic rings. The van der Waals surface area contributed by atoms with Gasteiger partial charge in [0.1, 0.15) is 5.78 Å². The lowest BCUT2D eigenvalue weighted by Crippen LogP contribution is -2.49. The minimum atomic E-state index is -0.0914. The van der Waals surface area contributed by atoms with Gasteiger partial charge in [-0.3, -0.25) is 4.79 Å². The summed E-state index contributed by atoms with van der Waals surface area (Å²) < 4.78 is 0. The van der Waals surface area contributed by atoms with Crippen LogP contribution in [0.4, 0.5) is 0 Å². The molecule has 1 nitrogen and oxygen atoms in total. The fourth-order valence-corrected chi connectivity index (χ4v) is 5.98. The Morgan fingerprint density at radius 2 is 1.95 bits per heavy atom. The van der Waals surface area contributed by atoms with Gasteiger partial charge in [-0.25, -0.2) is 0 Å². The maximum atomic E-state index is 13.1. The molecule has 0 N–H and O–H groups in total. The van der Waals surface area contributed by atoms with Gasteiger partial charge in [-0.15, -0.1) is 0 Å². The van der Waals surface area contributed by atoms with Crippen molar-refractivity contribution >= 4 is 5.78 Å². The summed E-state index contributed by atoms with van der Waals surface area (Å²) in [5.74, 6) is 2.59. The Hall–Kier alpha value is -0.850. The van der Waals surface area contributed by atoms with Crippen LogP contribution in [0, 0.1) is 28.6 Å². The van der Waals surface area contributed by atoms with E-state index in [4.69, 9.17) is 0 Å². The molecule has 5 atom stereocenters. The van der Waals surface area contributed by atoms with E-state index in [0.29, 0.717) is 17.1 Å². The lowest BCUT2D eigenvalue weighted by molar-refractivity contribution is -0.132. The molecule has 0 heterocycles. The molecular formula is C20H28O. The van der Waals surface area contributed by atoms with Crippen LogP contribution in [-0.4, -0.2) is 5.78 Å². The Morgan fingerprint density at radius 3 is 2.76 bits per heavy atom. The Kier molecular flexibility index (Phi) is 2.85. The second-order valence-electron chi connectivity index (χ2n) is 8.57.